The van der Waals surface area contributed by atoms with Crippen molar-refractivity contribution < 1.29 is 19.1 Å². The Morgan fingerprint density at radius 2 is 1.65 bits per heavy atom. The summed E-state index contributed by atoms with van der Waals surface area (Å²) in [6, 6.07) is 10.1. The van der Waals surface area contributed by atoms with Gasteiger partial charge in [0.1, 0.15) is 6.04 Å². The van der Waals surface area contributed by atoms with Crippen molar-refractivity contribution in [3.05, 3.63) is 57.6 Å². The lowest BCUT2D eigenvalue weighted by atomic mass is 10.1. The Morgan fingerprint density at radius 1 is 0.971 bits per heavy atom. The molecule has 2 rings (SSSR count). The smallest absolute Gasteiger partial charge is 0.242 e. The third-order valence-electron chi connectivity index (χ3n) is 5.19. The van der Waals surface area contributed by atoms with E-state index in [1.54, 1.807) is 30.0 Å². The van der Waals surface area contributed by atoms with Gasteiger partial charge in [-0.05, 0) is 76.4 Å². The fraction of sp³-hybridized carbons (Fsp3) is 0.462. The maximum atomic E-state index is 13.3. The molecule has 0 spiro atoms. The van der Waals surface area contributed by atoms with E-state index in [1.807, 2.05) is 45.9 Å². The average Bonchev–Trinajstić information content (AvgIpc) is 2.78. The molecule has 0 aliphatic heterocycles. The van der Waals surface area contributed by atoms with Gasteiger partial charge in [-0.25, -0.2) is 0 Å². The van der Waals surface area contributed by atoms with E-state index >= 15 is 0 Å². The molecular formula is C26H34Cl2N2O4. The Balaban J connectivity index is 2.22. The second kappa shape index (κ2) is 13.4. The fourth-order valence-corrected chi connectivity index (χ4v) is 3.94. The summed E-state index contributed by atoms with van der Waals surface area (Å²) in [5, 5.41) is 3.85. The van der Waals surface area contributed by atoms with Gasteiger partial charge >= 0.3 is 0 Å². The highest BCUT2D eigenvalue weighted by Gasteiger charge is 2.27. The molecular weight excluding hydrogens is 475 g/mol. The Labute approximate surface area is 212 Å². The maximum absolute atomic E-state index is 13.3. The summed E-state index contributed by atoms with van der Waals surface area (Å²) in [6.45, 7) is 10.6. The highest BCUT2D eigenvalue weighted by molar-refractivity contribution is 6.35. The average molecular weight is 509 g/mol. The molecule has 0 radical (unpaired) electrons. The van der Waals surface area contributed by atoms with Crippen molar-refractivity contribution in [3.63, 3.8) is 0 Å². The molecule has 0 unspecified atom stereocenters. The number of nitrogens with zero attached hydrogens (tertiary/aromatic N) is 1. The van der Waals surface area contributed by atoms with Crippen LogP contribution in [0.1, 0.15) is 52.2 Å². The number of halogens is 2. The number of hydrogen-bond donors (Lipinski definition) is 1. The SMILES string of the molecule is CCOc1ccc(CCC(=O)N(Cc2ccc(Cl)cc2Cl)[C@@H](C)C(=O)NC(C)C)cc1OCC. The highest BCUT2D eigenvalue weighted by Crippen LogP contribution is 2.29. The van der Waals surface area contributed by atoms with Crippen LogP contribution in [0.2, 0.25) is 10.0 Å². The molecule has 2 amide bonds. The lowest BCUT2D eigenvalue weighted by Crippen LogP contribution is -2.49. The first-order valence-corrected chi connectivity index (χ1v) is 12.3. The van der Waals surface area contributed by atoms with Gasteiger partial charge in [0.2, 0.25) is 11.8 Å². The first-order chi connectivity index (χ1) is 16.2. The number of rotatable bonds is 12. The van der Waals surface area contributed by atoms with Gasteiger partial charge < -0.3 is 19.7 Å². The number of carbonyl (C=O) groups excluding carboxylic acids is 2. The van der Waals surface area contributed by atoms with Crippen molar-refractivity contribution in [1.29, 1.82) is 0 Å². The summed E-state index contributed by atoms with van der Waals surface area (Å²) in [7, 11) is 0. The standard InChI is InChI=1S/C26H34Cl2N2O4/c1-6-33-23-12-8-19(14-24(23)34-7-2)9-13-25(31)30(18(5)26(32)29-17(3)4)16-20-10-11-21(27)15-22(20)28/h8,10-12,14-15,17-18H,6-7,9,13,16H2,1-5H3,(H,29,32)/t18-/m0/s1. The van der Waals surface area contributed by atoms with Gasteiger partial charge in [-0.15, -0.1) is 0 Å². The Morgan fingerprint density at radius 3 is 2.26 bits per heavy atom. The Kier molecular flexibility index (Phi) is 11.0. The third-order valence-corrected chi connectivity index (χ3v) is 5.78. The van der Waals surface area contributed by atoms with Crippen molar-refractivity contribution in [3.8, 4) is 11.5 Å². The van der Waals surface area contributed by atoms with E-state index in [-0.39, 0.29) is 30.8 Å². The summed E-state index contributed by atoms with van der Waals surface area (Å²) in [4.78, 5) is 27.6. The minimum Gasteiger partial charge on any atom is -0.490 e. The second-order valence-electron chi connectivity index (χ2n) is 8.24. The van der Waals surface area contributed by atoms with E-state index in [0.29, 0.717) is 41.2 Å². The summed E-state index contributed by atoms with van der Waals surface area (Å²) < 4.78 is 11.3. The van der Waals surface area contributed by atoms with E-state index in [4.69, 9.17) is 32.7 Å². The Bertz CT molecular complexity index is 981. The predicted molar refractivity (Wildman–Crippen MR) is 137 cm³/mol. The molecule has 34 heavy (non-hydrogen) atoms. The zero-order valence-electron chi connectivity index (χ0n) is 20.5. The number of carbonyl (C=O) groups is 2. The Hall–Kier alpha value is -2.44. The maximum Gasteiger partial charge on any atom is 0.242 e. The van der Waals surface area contributed by atoms with Crippen LogP contribution in [-0.2, 0) is 22.6 Å². The molecule has 0 aliphatic carbocycles. The minimum absolute atomic E-state index is 0.0353. The number of ether oxygens (including phenoxy) is 2. The van der Waals surface area contributed by atoms with E-state index in [9.17, 15) is 9.59 Å². The largest absolute Gasteiger partial charge is 0.490 e. The minimum atomic E-state index is -0.666. The van der Waals surface area contributed by atoms with Crippen molar-refractivity contribution in [2.75, 3.05) is 13.2 Å². The molecule has 1 N–H and O–H groups in total. The first-order valence-electron chi connectivity index (χ1n) is 11.6. The van der Waals surface area contributed by atoms with E-state index in [2.05, 4.69) is 5.32 Å². The molecule has 1 atom stereocenters. The van der Waals surface area contributed by atoms with Crippen molar-refractivity contribution in [2.24, 2.45) is 0 Å². The number of benzene rings is 2. The van der Waals surface area contributed by atoms with Crippen LogP contribution in [0.25, 0.3) is 0 Å². The number of hydrogen-bond acceptors (Lipinski definition) is 4. The zero-order valence-corrected chi connectivity index (χ0v) is 22.0. The normalized spacial score (nSPS) is 11.8. The van der Waals surface area contributed by atoms with Crippen molar-refractivity contribution in [2.45, 2.75) is 66.1 Å². The number of aryl methyl sites for hydroxylation is 1. The van der Waals surface area contributed by atoms with E-state index in [1.165, 1.54) is 0 Å². The summed E-state index contributed by atoms with van der Waals surface area (Å²) in [5.74, 6) is 0.971. The summed E-state index contributed by atoms with van der Waals surface area (Å²) >= 11 is 12.4. The molecule has 186 valence electrons. The monoisotopic (exact) mass is 508 g/mol. The van der Waals surface area contributed by atoms with Crippen molar-refractivity contribution >= 4 is 35.0 Å². The fourth-order valence-electron chi connectivity index (χ4n) is 3.47. The van der Waals surface area contributed by atoms with Crippen LogP contribution >= 0.6 is 23.2 Å². The van der Waals surface area contributed by atoms with Gasteiger partial charge in [0, 0.05) is 29.1 Å². The lowest BCUT2D eigenvalue weighted by molar-refractivity contribution is -0.140. The third kappa shape index (κ3) is 8.10. The first kappa shape index (κ1) is 27.8. The van der Waals surface area contributed by atoms with Crippen LogP contribution in [0.3, 0.4) is 0 Å². The molecule has 0 fully saturated rings. The highest BCUT2D eigenvalue weighted by atomic mass is 35.5. The van der Waals surface area contributed by atoms with Gasteiger partial charge in [0.15, 0.2) is 11.5 Å². The van der Waals surface area contributed by atoms with Crippen LogP contribution in [-0.4, -0.2) is 42.0 Å². The lowest BCUT2D eigenvalue weighted by Gasteiger charge is -2.30. The number of amides is 2. The molecule has 2 aromatic carbocycles. The van der Waals surface area contributed by atoms with Gasteiger partial charge in [0.05, 0.1) is 13.2 Å². The summed E-state index contributed by atoms with van der Waals surface area (Å²) in [6.07, 6.45) is 0.721. The zero-order chi connectivity index (χ0) is 25.3. The molecule has 0 saturated heterocycles. The molecule has 0 bridgehead atoms. The topological polar surface area (TPSA) is 67.9 Å². The van der Waals surface area contributed by atoms with Crippen LogP contribution in [0.5, 0.6) is 11.5 Å². The number of nitrogens with one attached hydrogen (secondary N) is 1. The van der Waals surface area contributed by atoms with Crippen LogP contribution in [0.4, 0.5) is 0 Å². The van der Waals surface area contributed by atoms with Crippen LogP contribution in [0.15, 0.2) is 36.4 Å². The van der Waals surface area contributed by atoms with E-state index in [0.717, 1.165) is 11.1 Å². The molecule has 8 heteroatoms. The van der Waals surface area contributed by atoms with Gasteiger partial charge in [0.25, 0.3) is 0 Å². The predicted octanol–water partition coefficient (Wildman–Crippen LogP) is 5.67. The molecule has 0 heterocycles. The van der Waals surface area contributed by atoms with Gasteiger partial charge in [-0.2, -0.15) is 0 Å². The molecule has 0 aliphatic rings. The molecule has 0 saturated carbocycles. The van der Waals surface area contributed by atoms with Crippen LogP contribution < -0.4 is 14.8 Å². The van der Waals surface area contributed by atoms with Crippen molar-refractivity contribution in [1.82, 2.24) is 10.2 Å². The molecule has 2 aromatic rings. The van der Waals surface area contributed by atoms with E-state index < -0.39 is 6.04 Å². The van der Waals surface area contributed by atoms with Crippen LogP contribution in [0, 0.1) is 0 Å². The van der Waals surface area contributed by atoms with Gasteiger partial charge in [-0.3, -0.25) is 9.59 Å². The quantitative estimate of drug-likeness (QED) is 0.401. The summed E-state index contributed by atoms with van der Waals surface area (Å²) in [5.41, 5.74) is 1.67. The second-order valence-corrected chi connectivity index (χ2v) is 9.09. The molecule has 0 aromatic heterocycles. The van der Waals surface area contributed by atoms with Gasteiger partial charge in [-0.1, -0.05) is 35.3 Å². The molecule has 6 nitrogen and oxygen atoms in total.